The van der Waals surface area contributed by atoms with E-state index in [1.54, 1.807) is 10.9 Å². The van der Waals surface area contributed by atoms with Crippen molar-refractivity contribution >= 4 is 32.6 Å². The SMILES string of the molecule is C=C(CCC(F)(F)F)Cc1cc2ccc(-c3cnc4nn(C)cc4c3)nc2s1. The van der Waals surface area contributed by atoms with Crippen molar-refractivity contribution in [2.75, 3.05) is 0 Å². The molecule has 0 fully saturated rings. The number of allylic oxidation sites excluding steroid dienone is 1. The first-order valence-electron chi connectivity index (χ1n) is 8.69. The quantitative estimate of drug-likeness (QED) is 0.403. The lowest BCUT2D eigenvalue weighted by Gasteiger charge is -2.07. The Kier molecular flexibility index (Phi) is 4.66. The van der Waals surface area contributed by atoms with Crippen molar-refractivity contribution in [3.8, 4) is 11.3 Å². The normalized spacial score (nSPS) is 12.1. The van der Waals surface area contributed by atoms with Crippen LogP contribution in [0.25, 0.3) is 32.5 Å². The van der Waals surface area contributed by atoms with Gasteiger partial charge in [-0.2, -0.15) is 18.3 Å². The molecule has 144 valence electrons. The Morgan fingerprint density at radius 1 is 1.21 bits per heavy atom. The predicted octanol–water partition coefficient (Wildman–Crippen LogP) is 5.69. The number of halogens is 3. The van der Waals surface area contributed by atoms with Gasteiger partial charge in [-0.25, -0.2) is 9.97 Å². The van der Waals surface area contributed by atoms with Gasteiger partial charge in [0.2, 0.25) is 0 Å². The first-order chi connectivity index (χ1) is 13.3. The van der Waals surface area contributed by atoms with Gasteiger partial charge >= 0.3 is 6.18 Å². The Morgan fingerprint density at radius 2 is 2.04 bits per heavy atom. The second-order valence-electron chi connectivity index (χ2n) is 6.79. The van der Waals surface area contributed by atoms with Crippen LogP contribution in [0.15, 0.2) is 48.8 Å². The smallest absolute Gasteiger partial charge is 0.273 e. The Balaban J connectivity index is 1.56. The lowest BCUT2D eigenvalue weighted by Crippen LogP contribution is -2.07. The third-order valence-electron chi connectivity index (χ3n) is 4.39. The molecule has 0 aromatic carbocycles. The third-order valence-corrected chi connectivity index (χ3v) is 5.43. The summed E-state index contributed by atoms with van der Waals surface area (Å²) in [6.07, 6.45) is -0.939. The van der Waals surface area contributed by atoms with Crippen LogP contribution in [0.4, 0.5) is 13.2 Å². The summed E-state index contributed by atoms with van der Waals surface area (Å²) in [4.78, 5) is 10.9. The van der Waals surface area contributed by atoms with Gasteiger partial charge in [0, 0.05) is 53.5 Å². The topological polar surface area (TPSA) is 43.6 Å². The Labute approximate surface area is 163 Å². The van der Waals surface area contributed by atoms with E-state index in [9.17, 15) is 13.2 Å². The largest absolute Gasteiger partial charge is 0.389 e. The average Bonchev–Trinajstić information content (AvgIpc) is 3.19. The molecule has 0 N–H and O–H groups in total. The van der Waals surface area contributed by atoms with Crippen LogP contribution < -0.4 is 0 Å². The maximum atomic E-state index is 12.4. The number of hydrogen-bond acceptors (Lipinski definition) is 4. The zero-order chi connectivity index (χ0) is 19.9. The van der Waals surface area contributed by atoms with Crippen LogP contribution in [0.2, 0.25) is 0 Å². The molecular weight excluding hydrogens is 385 g/mol. The summed E-state index contributed by atoms with van der Waals surface area (Å²) in [7, 11) is 1.85. The fourth-order valence-electron chi connectivity index (χ4n) is 3.04. The number of rotatable bonds is 5. The molecule has 4 nitrogen and oxygen atoms in total. The van der Waals surface area contributed by atoms with Crippen molar-refractivity contribution in [3.63, 3.8) is 0 Å². The molecule has 0 atom stereocenters. The maximum absolute atomic E-state index is 12.4. The number of alkyl halides is 3. The van der Waals surface area contributed by atoms with Crippen molar-refractivity contribution in [1.29, 1.82) is 0 Å². The standard InChI is InChI=1S/C20H17F3N4S/c1-12(5-6-20(21,22)23)7-16-9-13-3-4-17(25-19(13)28-16)14-8-15-11-27(2)26-18(15)24-10-14/h3-4,8-11H,1,5-7H2,2H3. The second kappa shape index (κ2) is 7.01. The molecule has 0 aliphatic carbocycles. The third kappa shape index (κ3) is 4.06. The zero-order valence-corrected chi connectivity index (χ0v) is 15.9. The molecule has 0 aliphatic rings. The predicted molar refractivity (Wildman–Crippen MR) is 105 cm³/mol. The summed E-state index contributed by atoms with van der Waals surface area (Å²) in [5.74, 6) is 0. The second-order valence-corrected chi connectivity index (χ2v) is 7.90. The molecule has 0 saturated heterocycles. The van der Waals surface area contributed by atoms with E-state index in [0.717, 1.165) is 31.7 Å². The summed E-state index contributed by atoms with van der Waals surface area (Å²) in [5, 5.41) is 6.18. The van der Waals surface area contributed by atoms with Gasteiger partial charge in [-0.05, 0) is 30.7 Å². The highest BCUT2D eigenvalue weighted by atomic mass is 32.1. The van der Waals surface area contributed by atoms with Crippen LogP contribution in [0, 0.1) is 0 Å². The minimum atomic E-state index is -4.15. The van der Waals surface area contributed by atoms with Gasteiger partial charge in [-0.3, -0.25) is 4.68 Å². The summed E-state index contributed by atoms with van der Waals surface area (Å²) in [6, 6.07) is 7.87. The lowest BCUT2D eigenvalue weighted by molar-refractivity contribution is -0.134. The van der Waals surface area contributed by atoms with E-state index in [1.165, 1.54) is 11.3 Å². The first-order valence-corrected chi connectivity index (χ1v) is 9.51. The minimum Gasteiger partial charge on any atom is -0.273 e. The van der Waals surface area contributed by atoms with Crippen molar-refractivity contribution in [2.45, 2.75) is 25.4 Å². The first kappa shape index (κ1) is 18.6. The summed E-state index contributed by atoms with van der Waals surface area (Å²) < 4.78 is 38.8. The Bertz CT molecular complexity index is 1170. The fourth-order valence-corrected chi connectivity index (χ4v) is 4.14. The van der Waals surface area contributed by atoms with Crippen LogP contribution in [-0.4, -0.2) is 25.9 Å². The number of aromatic nitrogens is 4. The average molecular weight is 402 g/mol. The fraction of sp³-hybridized carbons (Fsp3) is 0.250. The van der Waals surface area contributed by atoms with Crippen molar-refractivity contribution < 1.29 is 13.2 Å². The molecular formula is C20H17F3N4S. The molecule has 0 radical (unpaired) electrons. The van der Waals surface area contributed by atoms with Gasteiger partial charge in [-0.1, -0.05) is 12.2 Å². The van der Waals surface area contributed by atoms with Gasteiger partial charge in [0.05, 0.1) is 5.69 Å². The number of aryl methyl sites for hydroxylation is 1. The molecule has 8 heteroatoms. The van der Waals surface area contributed by atoms with Gasteiger partial charge in [0.15, 0.2) is 5.65 Å². The van der Waals surface area contributed by atoms with Crippen LogP contribution in [0.1, 0.15) is 17.7 Å². The number of thiophene rings is 1. The molecule has 0 spiro atoms. The Hall–Kier alpha value is -2.74. The van der Waals surface area contributed by atoms with Crippen LogP contribution in [0.3, 0.4) is 0 Å². The van der Waals surface area contributed by atoms with E-state index in [4.69, 9.17) is 4.98 Å². The summed E-state index contributed by atoms with van der Waals surface area (Å²) >= 11 is 1.49. The van der Waals surface area contributed by atoms with Crippen molar-refractivity contribution in [2.24, 2.45) is 7.05 Å². The van der Waals surface area contributed by atoms with Crippen molar-refractivity contribution in [3.05, 3.63) is 53.7 Å². The molecule has 0 unspecified atom stereocenters. The van der Waals surface area contributed by atoms with Gasteiger partial charge < -0.3 is 0 Å². The lowest BCUT2D eigenvalue weighted by atomic mass is 10.1. The van der Waals surface area contributed by atoms with Gasteiger partial charge in [0.25, 0.3) is 0 Å². The summed E-state index contributed by atoms with van der Waals surface area (Å²) in [6.45, 7) is 3.79. The van der Waals surface area contributed by atoms with E-state index in [0.29, 0.717) is 17.6 Å². The molecule has 4 rings (SSSR count). The highest BCUT2D eigenvalue weighted by Gasteiger charge is 2.26. The number of pyridine rings is 2. The van der Waals surface area contributed by atoms with E-state index < -0.39 is 12.6 Å². The summed E-state index contributed by atoms with van der Waals surface area (Å²) in [5.41, 5.74) is 2.96. The number of hydrogen-bond donors (Lipinski definition) is 0. The van der Waals surface area contributed by atoms with E-state index in [-0.39, 0.29) is 6.42 Å². The molecule has 4 aromatic heterocycles. The van der Waals surface area contributed by atoms with Crippen LogP contribution >= 0.6 is 11.3 Å². The van der Waals surface area contributed by atoms with Crippen molar-refractivity contribution in [1.82, 2.24) is 19.7 Å². The highest BCUT2D eigenvalue weighted by Crippen LogP contribution is 2.31. The molecule has 0 aliphatic heterocycles. The zero-order valence-electron chi connectivity index (χ0n) is 15.1. The molecule has 4 aromatic rings. The molecule has 0 amide bonds. The molecule has 0 bridgehead atoms. The van der Waals surface area contributed by atoms with E-state index in [2.05, 4.69) is 16.7 Å². The minimum absolute atomic E-state index is 0.0484. The maximum Gasteiger partial charge on any atom is 0.389 e. The molecule has 0 saturated carbocycles. The number of fused-ring (bicyclic) bond motifs is 2. The van der Waals surface area contributed by atoms with Crippen LogP contribution in [-0.2, 0) is 13.5 Å². The Morgan fingerprint density at radius 3 is 2.82 bits per heavy atom. The monoisotopic (exact) mass is 402 g/mol. The van der Waals surface area contributed by atoms with Gasteiger partial charge in [-0.15, -0.1) is 11.3 Å². The number of nitrogens with zero attached hydrogens (tertiary/aromatic N) is 4. The van der Waals surface area contributed by atoms with Crippen LogP contribution in [0.5, 0.6) is 0 Å². The van der Waals surface area contributed by atoms with Gasteiger partial charge in [0.1, 0.15) is 4.83 Å². The highest BCUT2D eigenvalue weighted by molar-refractivity contribution is 7.18. The van der Waals surface area contributed by atoms with E-state index >= 15 is 0 Å². The molecule has 4 heterocycles. The van der Waals surface area contributed by atoms with E-state index in [1.807, 2.05) is 37.5 Å². The molecule has 28 heavy (non-hydrogen) atoms.